The predicted molar refractivity (Wildman–Crippen MR) is 137 cm³/mol. The second-order valence-electron chi connectivity index (χ2n) is 10.2. The molecule has 0 radical (unpaired) electrons. The molecule has 4 heterocycles. The highest BCUT2D eigenvalue weighted by Crippen LogP contribution is 2.39. The molecule has 0 aliphatic carbocycles. The monoisotopic (exact) mass is 534 g/mol. The van der Waals surface area contributed by atoms with Crippen molar-refractivity contribution in [2.75, 3.05) is 6.61 Å². The van der Waals surface area contributed by atoms with Crippen LogP contribution < -0.4 is 0 Å². The van der Waals surface area contributed by atoms with Crippen molar-refractivity contribution in [2.24, 2.45) is 0 Å². The molecule has 8 atom stereocenters. The molecule has 3 saturated heterocycles. The Balaban J connectivity index is 1.30. The standard InChI is InChI=1S/C29H30N2O8/c1-2-8-21-37-15-20-25(39-21)23(32)24(33)29(38-20)30-19(14-13-16-9-4-3-5-10-16)22(28(30)36)31-26(34)17-11-6-7-12-18(17)27(31)35/h3-7,9-14,19-25,29,32-33H,2,8,15H2,1H3/b14-13+/t19-,20+,21+,22+,23+,24+,25+,29+/m0/s1. The summed E-state index contributed by atoms with van der Waals surface area (Å²) >= 11 is 0. The molecule has 4 aliphatic heterocycles. The fraction of sp³-hybridized carbons (Fsp3) is 0.414. The summed E-state index contributed by atoms with van der Waals surface area (Å²) in [4.78, 5) is 42.4. The number of amides is 3. The molecule has 0 spiro atoms. The molecule has 204 valence electrons. The van der Waals surface area contributed by atoms with Gasteiger partial charge in [0.25, 0.3) is 17.7 Å². The van der Waals surface area contributed by atoms with Crippen LogP contribution in [-0.4, -0.2) is 93.4 Å². The van der Waals surface area contributed by atoms with Gasteiger partial charge in [-0.05, 0) is 24.1 Å². The fourth-order valence-electron chi connectivity index (χ4n) is 5.76. The maximum absolute atomic E-state index is 13.7. The average Bonchev–Trinajstić information content (AvgIpc) is 3.20. The first kappa shape index (κ1) is 25.8. The van der Waals surface area contributed by atoms with E-state index in [2.05, 4.69) is 0 Å². The molecule has 39 heavy (non-hydrogen) atoms. The average molecular weight is 535 g/mol. The number of aliphatic hydroxyl groups excluding tert-OH is 2. The Labute approximate surface area is 225 Å². The lowest BCUT2D eigenvalue weighted by Gasteiger charge is -2.56. The second kappa shape index (κ2) is 10.3. The number of likely N-dealkylation sites (tertiary alicyclic amines) is 1. The Hall–Kier alpha value is -3.41. The summed E-state index contributed by atoms with van der Waals surface area (Å²) in [5, 5.41) is 22.1. The van der Waals surface area contributed by atoms with Crippen LogP contribution in [0.4, 0.5) is 0 Å². The highest BCUT2D eigenvalue weighted by molar-refractivity contribution is 6.23. The largest absolute Gasteiger partial charge is 0.387 e. The predicted octanol–water partition coefficient (Wildman–Crippen LogP) is 1.56. The zero-order valence-corrected chi connectivity index (χ0v) is 21.3. The van der Waals surface area contributed by atoms with Crippen LogP contribution in [0, 0.1) is 0 Å². The van der Waals surface area contributed by atoms with Crippen LogP contribution in [-0.2, 0) is 19.0 Å². The van der Waals surface area contributed by atoms with Crippen molar-refractivity contribution < 1.29 is 38.8 Å². The summed E-state index contributed by atoms with van der Waals surface area (Å²) in [6.07, 6.45) is -1.14. The van der Waals surface area contributed by atoms with Crippen molar-refractivity contribution in [3.8, 4) is 0 Å². The van der Waals surface area contributed by atoms with Gasteiger partial charge in [-0.1, -0.05) is 68.0 Å². The van der Waals surface area contributed by atoms with Gasteiger partial charge in [0.1, 0.15) is 30.5 Å². The lowest BCUT2D eigenvalue weighted by Crippen LogP contribution is -2.77. The van der Waals surface area contributed by atoms with Gasteiger partial charge >= 0.3 is 0 Å². The van der Waals surface area contributed by atoms with Crippen molar-refractivity contribution in [2.45, 2.75) is 68.8 Å². The van der Waals surface area contributed by atoms with Gasteiger partial charge in [0.15, 0.2) is 12.5 Å². The Morgan fingerprint density at radius 2 is 1.59 bits per heavy atom. The topological polar surface area (TPSA) is 126 Å². The molecule has 2 N–H and O–H groups in total. The van der Waals surface area contributed by atoms with Gasteiger partial charge in [-0.25, -0.2) is 0 Å². The number of hydrogen-bond donors (Lipinski definition) is 2. The molecule has 10 heteroatoms. The normalized spacial score (nSPS) is 34.3. The number of fused-ring (bicyclic) bond motifs is 2. The number of aliphatic hydroxyl groups is 2. The van der Waals surface area contributed by atoms with E-state index in [1.54, 1.807) is 36.4 Å². The van der Waals surface area contributed by atoms with E-state index < -0.39 is 66.7 Å². The molecule has 0 saturated carbocycles. The first-order chi connectivity index (χ1) is 18.9. The van der Waals surface area contributed by atoms with Gasteiger partial charge in [0.05, 0.1) is 23.8 Å². The maximum atomic E-state index is 13.7. The van der Waals surface area contributed by atoms with Gasteiger partial charge < -0.3 is 29.3 Å². The van der Waals surface area contributed by atoms with E-state index in [-0.39, 0.29) is 17.7 Å². The van der Waals surface area contributed by atoms with E-state index in [9.17, 15) is 24.6 Å². The summed E-state index contributed by atoms with van der Waals surface area (Å²) < 4.78 is 17.7. The molecule has 10 nitrogen and oxygen atoms in total. The van der Waals surface area contributed by atoms with Crippen LogP contribution in [0.15, 0.2) is 60.7 Å². The number of nitrogens with zero attached hydrogens (tertiary/aromatic N) is 2. The highest BCUT2D eigenvalue weighted by atomic mass is 16.7. The van der Waals surface area contributed by atoms with E-state index in [0.717, 1.165) is 16.9 Å². The molecule has 6 rings (SSSR count). The van der Waals surface area contributed by atoms with Crippen LogP contribution in [0.5, 0.6) is 0 Å². The second-order valence-corrected chi connectivity index (χ2v) is 10.2. The zero-order chi connectivity index (χ0) is 27.3. The molecule has 0 aromatic heterocycles. The number of carbonyl (C=O) groups is 3. The number of ether oxygens (including phenoxy) is 3. The van der Waals surface area contributed by atoms with Crippen LogP contribution in [0.2, 0.25) is 0 Å². The molecule has 0 bridgehead atoms. The minimum absolute atomic E-state index is 0.129. The van der Waals surface area contributed by atoms with E-state index in [1.165, 1.54) is 4.90 Å². The number of carbonyl (C=O) groups excluding carboxylic acids is 3. The third-order valence-corrected chi connectivity index (χ3v) is 7.75. The molecule has 4 aliphatic rings. The third kappa shape index (κ3) is 4.29. The van der Waals surface area contributed by atoms with Crippen LogP contribution in [0.3, 0.4) is 0 Å². The first-order valence-corrected chi connectivity index (χ1v) is 13.2. The Bertz CT molecular complexity index is 1260. The van der Waals surface area contributed by atoms with Gasteiger partial charge in [-0.15, -0.1) is 0 Å². The summed E-state index contributed by atoms with van der Waals surface area (Å²) in [5.41, 5.74) is 1.33. The number of rotatable bonds is 6. The van der Waals surface area contributed by atoms with E-state index >= 15 is 0 Å². The number of imide groups is 1. The highest BCUT2D eigenvalue weighted by Gasteiger charge is 2.61. The lowest BCUT2D eigenvalue weighted by atomic mass is 9.88. The molecule has 2 aromatic rings. The van der Waals surface area contributed by atoms with Gasteiger partial charge in [-0.2, -0.15) is 0 Å². The smallest absolute Gasteiger partial charge is 0.262 e. The zero-order valence-electron chi connectivity index (χ0n) is 21.3. The van der Waals surface area contributed by atoms with Crippen molar-refractivity contribution in [3.05, 3.63) is 77.4 Å². The third-order valence-electron chi connectivity index (χ3n) is 7.75. The molecular weight excluding hydrogens is 504 g/mol. The van der Waals surface area contributed by atoms with Gasteiger partial charge in [-0.3, -0.25) is 19.3 Å². The minimum Gasteiger partial charge on any atom is -0.387 e. The van der Waals surface area contributed by atoms with E-state index in [1.807, 2.05) is 37.3 Å². The molecule has 0 unspecified atom stereocenters. The quantitative estimate of drug-likeness (QED) is 0.423. The summed E-state index contributed by atoms with van der Waals surface area (Å²) in [6, 6.07) is 13.9. The van der Waals surface area contributed by atoms with Crippen molar-refractivity contribution in [1.82, 2.24) is 9.80 Å². The van der Waals surface area contributed by atoms with Crippen molar-refractivity contribution in [1.29, 1.82) is 0 Å². The number of benzene rings is 2. The van der Waals surface area contributed by atoms with Crippen molar-refractivity contribution >= 4 is 23.8 Å². The Morgan fingerprint density at radius 3 is 2.26 bits per heavy atom. The first-order valence-electron chi connectivity index (χ1n) is 13.2. The van der Waals surface area contributed by atoms with E-state index in [4.69, 9.17) is 14.2 Å². The Morgan fingerprint density at radius 1 is 0.923 bits per heavy atom. The van der Waals surface area contributed by atoms with E-state index in [0.29, 0.717) is 6.42 Å². The summed E-state index contributed by atoms with van der Waals surface area (Å²) in [7, 11) is 0. The van der Waals surface area contributed by atoms with Crippen LogP contribution >= 0.6 is 0 Å². The molecule has 3 fully saturated rings. The minimum atomic E-state index is -1.48. The molecule has 3 amide bonds. The maximum Gasteiger partial charge on any atom is 0.262 e. The molecule has 2 aromatic carbocycles. The summed E-state index contributed by atoms with van der Waals surface area (Å²) in [6.45, 7) is 2.12. The molecular formula is C29H30N2O8. The van der Waals surface area contributed by atoms with Gasteiger partial charge in [0.2, 0.25) is 0 Å². The summed E-state index contributed by atoms with van der Waals surface area (Å²) in [5.74, 6) is -1.66. The Kier molecular flexibility index (Phi) is 6.82. The number of hydrogen-bond acceptors (Lipinski definition) is 8. The van der Waals surface area contributed by atoms with Crippen LogP contribution in [0.25, 0.3) is 6.08 Å². The SMILES string of the molecule is CCC[C@@H]1OC[C@H]2O[C@@H](N3C(=O)[C@H](N4C(=O)c5ccccc5C4=O)[C@@H]3/C=C/c3ccccc3)[C@H](O)[C@@H](O)[C@@H]2O1. The lowest BCUT2D eigenvalue weighted by molar-refractivity contribution is -0.343. The van der Waals surface area contributed by atoms with Crippen LogP contribution in [0.1, 0.15) is 46.0 Å². The number of β-lactam (4-membered cyclic amide) rings is 1. The fourth-order valence-corrected chi connectivity index (χ4v) is 5.76. The van der Waals surface area contributed by atoms with Crippen molar-refractivity contribution in [3.63, 3.8) is 0 Å². The van der Waals surface area contributed by atoms with Gasteiger partial charge in [0, 0.05) is 0 Å².